The van der Waals surface area contributed by atoms with Gasteiger partial charge in [0.15, 0.2) is 0 Å². The van der Waals surface area contributed by atoms with Crippen molar-refractivity contribution in [2.24, 2.45) is 11.8 Å². The molecule has 0 radical (unpaired) electrons. The van der Waals surface area contributed by atoms with Crippen molar-refractivity contribution in [3.05, 3.63) is 42.0 Å². The molecule has 156 valence electrons. The molecular formula is C25H33NO3. The number of ether oxygens (including phenoxy) is 1. The predicted molar refractivity (Wildman–Crippen MR) is 116 cm³/mol. The summed E-state index contributed by atoms with van der Waals surface area (Å²) in [5, 5.41) is 11.8. The molecule has 0 spiro atoms. The quantitative estimate of drug-likeness (QED) is 0.710. The number of rotatable bonds is 5. The van der Waals surface area contributed by atoms with Crippen LogP contribution in [0.1, 0.15) is 63.5 Å². The van der Waals surface area contributed by atoms with Crippen LogP contribution in [0.4, 0.5) is 0 Å². The molecule has 2 aliphatic rings. The molecule has 2 aromatic carbocycles. The number of carboxylic acids is 1. The van der Waals surface area contributed by atoms with Crippen molar-refractivity contribution in [1.29, 1.82) is 0 Å². The summed E-state index contributed by atoms with van der Waals surface area (Å²) in [7, 11) is 2.09. The number of carboxylic acid groups (broad SMARTS) is 1. The van der Waals surface area contributed by atoms with Gasteiger partial charge in [-0.05, 0) is 92.6 Å². The van der Waals surface area contributed by atoms with Crippen LogP contribution in [0.3, 0.4) is 0 Å². The molecule has 0 bridgehead atoms. The summed E-state index contributed by atoms with van der Waals surface area (Å²) in [5.74, 6) is 0.929. The Hall–Kier alpha value is -2.07. The molecule has 1 aliphatic carbocycles. The topological polar surface area (TPSA) is 49.8 Å². The lowest BCUT2D eigenvalue weighted by Crippen LogP contribution is -2.36. The molecule has 4 nitrogen and oxygen atoms in total. The largest absolute Gasteiger partial charge is 0.490 e. The van der Waals surface area contributed by atoms with E-state index in [1.54, 1.807) is 0 Å². The van der Waals surface area contributed by atoms with Crippen LogP contribution in [0.5, 0.6) is 5.75 Å². The molecule has 1 heterocycles. The highest BCUT2D eigenvalue weighted by Gasteiger charge is 2.31. The highest BCUT2D eigenvalue weighted by molar-refractivity contribution is 5.84. The first-order chi connectivity index (χ1) is 14.0. The van der Waals surface area contributed by atoms with Gasteiger partial charge >= 0.3 is 5.97 Å². The molecule has 1 N–H and O–H groups in total. The fraction of sp³-hybridized carbons (Fsp3) is 0.560. The van der Waals surface area contributed by atoms with E-state index in [2.05, 4.69) is 55.3 Å². The van der Waals surface area contributed by atoms with Crippen LogP contribution >= 0.6 is 0 Å². The Bertz CT molecular complexity index is 856. The zero-order valence-corrected chi connectivity index (χ0v) is 17.6. The lowest BCUT2D eigenvalue weighted by Gasteiger charge is -2.36. The highest BCUT2D eigenvalue weighted by Crippen LogP contribution is 2.35. The molecule has 2 unspecified atom stereocenters. The average Bonchev–Trinajstić information content (AvgIpc) is 2.74. The maximum absolute atomic E-state index is 11.5. The fourth-order valence-corrected chi connectivity index (χ4v) is 5.07. The smallest absolute Gasteiger partial charge is 0.306 e. The van der Waals surface area contributed by atoms with E-state index in [1.165, 1.54) is 35.6 Å². The number of benzene rings is 2. The Kier molecular flexibility index (Phi) is 6.09. The van der Waals surface area contributed by atoms with Crippen molar-refractivity contribution in [3.63, 3.8) is 0 Å². The van der Waals surface area contributed by atoms with Gasteiger partial charge in [0.2, 0.25) is 0 Å². The van der Waals surface area contributed by atoms with Crippen molar-refractivity contribution in [3.8, 4) is 5.75 Å². The minimum Gasteiger partial charge on any atom is -0.490 e. The van der Waals surface area contributed by atoms with E-state index in [4.69, 9.17) is 4.74 Å². The molecule has 4 heteroatoms. The lowest BCUT2D eigenvalue weighted by atomic mass is 9.86. The molecular weight excluding hydrogens is 362 g/mol. The second-order valence-electron chi connectivity index (χ2n) is 8.99. The van der Waals surface area contributed by atoms with E-state index in [0.717, 1.165) is 37.5 Å². The van der Waals surface area contributed by atoms with Gasteiger partial charge in [0.1, 0.15) is 5.75 Å². The fourth-order valence-electron chi connectivity index (χ4n) is 5.07. The Balaban J connectivity index is 1.48. The summed E-state index contributed by atoms with van der Waals surface area (Å²) in [6, 6.07) is 13.1. The van der Waals surface area contributed by atoms with Crippen LogP contribution in [0.2, 0.25) is 0 Å². The third-order valence-corrected chi connectivity index (χ3v) is 7.11. The minimum absolute atomic E-state index is 0.166. The number of piperidine rings is 1. The van der Waals surface area contributed by atoms with E-state index in [9.17, 15) is 9.90 Å². The predicted octanol–water partition coefficient (Wildman–Crippen LogP) is 5.65. The van der Waals surface area contributed by atoms with Gasteiger partial charge in [-0.1, -0.05) is 31.5 Å². The Morgan fingerprint density at radius 2 is 1.79 bits per heavy atom. The molecule has 2 atom stereocenters. The molecule has 0 amide bonds. The third kappa shape index (κ3) is 4.58. The zero-order valence-electron chi connectivity index (χ0n) is 17.6. The number of hydrogen-bond acceptors (Lipinski definition) is 3. The summed E-state index contributed by atoms with van der Waals surface area (Å²) in [6.07, 6.45) is 7.93. The number of hydrogen-bond donors (Lipinski definition) is 1. The number of aliphatic carboxylic acids is 1. The summed E-state index contributed by atoms with van der Waals surface area (Å²) < 4.78 is 6.29. The van der Waals surface area contributed by atoms with Crippen LogP contribution in [0.25, 0.3) is 10.8 Å². The maximum Gasteiger partial charge on any atom is 0.306 e. The maximum atomic E-state index is 11.5. The highest BCUT2D eigenvalue weighted by atomic mass is 16.5. The summed E-state index contributed by atoms with van der Waals surface area (Å²) in [6.45, 7) is 3.11. The Labute approximate surface area is 173 Å². The van der Waals surface area contributed by atoms with Crippen molar-refractivity contribution < 1.29 is 14.6 Å². The van der Waals surface area contributed by atoms with Crippen LogP contribution < -0.4 is 4.74 Å². The molecule has 29 heavy (non-hydrogen) atoms. The van der Waals surface area contributed by atoms with Crippen LogP contribution in [-0.4, -0.2) is 35.7 Å². The van der Waals surface area contributed by atoms with Crippen LogP contribution in [-0.2, 0) is 4.79 Å². The van der Waals surface area contributed by atoms with Crippen molar-refractivity contribution in [2.75, 3.05) is 13.6 Å². The lowest BCUT2D eigenvalue weighted by molar-refractivity contribution is -0.144. The van der Waals surface area contributed by atoms with Crippen molar-refractivity contribution in [1.82, 2.24) is 4.90 Å². The first kappa shape index (κ1) is 20.2. The number of fused-ring (bicyclic) bond motifs is 1. The Morgan fingerprint density at radius 1 is 1.07 bits per heavy atom. The molecule has 0 aromatic heterocycles. The van der Waals surface area contributed by atoms with Gasteiger partial charge in [0.25, 0.3) is 0 Å². The summed E-state index contributed by atoms with van der Waals surface area (Å²) >= 11 is 0. The van der Waals surface area contributed by atoms with E-state index in [1.807, 2.05) is 0 Å². The van der Waals surface area contributed by atoms with Gasteiger partial charge < -0.3 is 9.84 Å². The number of nitrogens with zero attached hydrogens (tertiary/aromatic N) is 1. The van der Waals surface area contributed by atoms with Gasteiger partial charge in [-0.3, -0.25) is 9.69 Å². The monoisotopic (exact) mass is 395 g/mol. The van der Waals surface area contributed by atoms with E-state index >= 15 is 0 Å². The SMILES string of the molecule is CC[C@H]1CC[C@H](Oc2ccc3cc(C4CC(C(=O)O)CCN4C)ccc3c2)CC1. The third-order valence-electron chi connectivity index (χ3n) is 7.11. The first-order valence-electron chi connectivity index (χ1n) is 11.2. The van der Waals surface area contributed by atoms with Gasteiger partial charge in [-0.2, -0.15) is 0 Å². The molecule has 2 fully saturated rings. The first-order valence-corrected chi connectivity index (χ1v) is 11.2. The second kappa shape index (κ2) is 8.74. The van der Waals surface area contributed by atoms with E-state index in [-0.39, 0.29) is 12.0 Å². The van der Waals surface area contributed by atoms with Crippen molar-refractivity contribution >= 4 is 16.7 Å². The minimum atomic E-state index is -0.668. The van der Waals surface area contributed by atoms with Gasteiger partial charge in [0.05, 0.1) is 12.0 Å². The van der Waals surface area contributed by atoms with Gasteiger partial charge in [-0.25, -0.2) is 0 Å². The summed E-state index contributed by atoms with van der Waals surface area (Å²) in [4.78, 5) is 13.7. The zero-order chi connectivity index (χ0) is 20.4. The number of carbonyl (C=O) groups is 1. The van der Waals surface area contributed by atoms with Gasteiger partial charge in [0, 0.05) is 6.04 Å². The number of likely N-dealkylation sites (tertiary alicyclic amines) is 1. The molecule has 1 aliphatic heterocycles. The van der Waals surface area contributed by atoms with Crippen LogP contribution in [0.15, 0.2) is 36.4 Å². The molecule has 1 saturated carbocycles. The molecule has 4 rings (SSSR count). The molecule has 2 aromatic rings. The van der Waals surface area contributed by atoms with Crippen LogP contribution in [0, 0.1) is 11.8 Å². The normalized spacial score (nSPS) is 28.3. The Morgan fingerprint density at radius 3 is 2.52 bits per heavy atom. The average molecular weight is 396 g/mol. The second-order valence-corrected chi connectivity index (χ2v) is 8.99. The summed E-state index contributed by atoms with van der Waals surface area (Å²) in [5.41, 5.74) is 1.21. The van der Waals surface area contributed by atoms with Crippen molar-refractivity contribution in [2.45, 2.75) is 64.0 Å². The van der Waals surface area contributed by atoms with E-state index in [0.29, 0.717) is 12.5 Å². The standard InChI is InChI=1S/C25H33NO3/c1-3-17-4-9-22(10-5-17)29-23-11-8-18-14-20(7-6-19(18)15-23)24-16-21(25(27)28)12-13-26(24)2/h6-8,11,14-15,17,21-22,24H,3-5,9-10,12-13,16H2,1-2H3,(H,27,28)/t17-,21?,22-,24?. The van der Waals surface area contributed by atoms with Gasteiger partial charge in [-0.15, -0.1) is 0 Å². The van der Waals surface area contributed by atoms with E-state index < -0.39 is 5.97 Å². The molecule has 1 saturated heterocycles.